The predicted molar refractivity (Wildman–Crippen MR) is 68.0 cm³/mol. The van der Waals surface area contributed by atoms with Crippen molar-refractivity contribution in [1.29, 1.82) is 0 Å². The highest BCUT2D eigenvalue weighted by molar-refractivity contribution is 9.10. The van der Waals surface area contributed by atoms with Gasteiger partial charge in [-0.05, 0) is 35.0 Å². The normalized spacial score (nSPS) is 10.7. The molecule has 0 saturated heterocycles. The first kappa shape index (κ1) is 11.5. The van der Waals surface area contributed by atoms with E-state index in [-0.39, 0.29) is 5.78 Å². The van der Waals surface area contributed by atoms with E-state index in [1.807, 2.05) is 24.4 Å². The molecule has 3 nitrogen and oxygen atoms in total. The summed E-state index contributed by atoms with van der Waals surface area (Å²) >= 11 is 4.97. The second-order valence-electron chi connectivity index (χ2n) is 3.63. The van der Waals surface area contributed by atoms with Crippen molar-refractivity contribution in [1.82, 2.24) is 9.78 Å². The van der Waals surface area contributed by atoms with E-state index in [9.17, 15) is 4.79 Å². The Bertz CT molecular complexity index is 530. The van der Waals surface area contributed by atoms with E-state index in [1.54, 1.807) is 23.1 Å². The third-order valence-corrected chi connectivity index (χ3v) is 3.94. The quantitative estimate of drug-likeness (QED) is 0.817. The standard InChI is InChI=1S/C11H11BrN2OS/c1-7-3-10(14(2)13-7)11(15)5-9-4-8(12)6-16-9/h3-4,6H,5H2,1-2H3. The lowest BCUT2D eigenvalue weighted by atomic mass is 10.2. The number of Topliss-reactive ketones (excluding diaryl/α,β-unsaturated/α-hetero) is 1. The molecule has 0 aliphatic rings. The summed E-state index contributed by atoms with van der Waals surface area (Å²) < 4.78 is 2.67. The number of rotatable bonds is 3. The van der Waals surface area contributed by atoms with Gasteiger partial charge >= 0.3 is 0 Å². The van der Waals surface area contributed by atoms with Gasteiger partial charge in [0, 0.05) is 28.2 Å². The number of hydrogen-bond donors (Lipinski definition) is 0. The first-order valence-electron chi connectivity index (χ1n) is 4.83. The SMILES string of the molecule is Cc1cc(C(=O)Cc2cc(Br)cs2)n(C)n1. The molecule has 0 aliphatic carbocycles. The largest absolute Gasteiger partial charge is 0.292 e. The van der Waals surface area contributed by atoms with Crippen molar-refractivity contribution in [2.75, 3.05) is 0 Å². The molecule has 0 aromatic carbocycles. The first-order valence-corrected chi connectivity index (χ1v) is 6.50. The number of aromatic nitrogens is 2. The molecule has 0 aliphatic heterocycles. The highest BCUT2D eigenvalue weighted by Gasteiger charge is 2.13. The van der Waals surface area contributed by atoms with Gasteiger partial charge in [-0.1, -0.05) is 0 Å². The van der Waals surface area contributed by atoms with Crippen LogP contribution in [0.15, 0.2) is 22.0 Å². The second-order valence-corrected chi connectivity index (χ2v) is 5.54. The van der Waals surface area contributed by atoms with Crippen molar-refractivity contribution >= 4 is 33.0 Å². The van der Waals surface area contributed by atoms with Crippen LogP contribution in [-0.4, -0.2) is 15.6 Å². The van der Waals surface area contributed by atoms with Crippen LogP contribution in [0.25, 0.3) is 0 Å². The van der Waals surface area contributed by atoms with Gasteiger partial charge in [-0.2, -0.15) is 5.10 Å². The molecule has 2 aromatic rings. The Kier molecular flexibility index (Phi) is 3.25. The van der Waals surface area contributed by atoms with Crippen LogP contribution in [0.4, 0.5) is 0 Å². The third kappa shape index (κ3) is 2.41. The number of nitrogens with zero attached hydrogens (tertiary/aromatic N) is 2. The maximum absolute atomic E-state index is 12.0. The van der Waals surface area contributed by atoms with E-state index < -0.39 is 0 Å². The molecule has 2 rings (SSSR count). The Hall–Kier alpha value is -0.940. The zero-order chi connectivity index (χ0) is 11.7. The number of hydrogen-bond acceptors (Lipinski definition) is 3. The van der Waals surface area contributed by atoms with Crippen LogP contribution in [0.1, 0.15) is 21.1 Å². The van der Waals surface area contributed by atoms with Crippen molar-refractivity contribution in [3.63, 3.8) is 0 Å². The lowest BCUT2D eigenvalue weighted by Crippen LogP contribution is -2.08. The molecule has 0 N–H and O–H groups in total. The van der Waals surface area contributed by atoms with E-state index in [0.717, 1.165) is 15.0 Å². The fourth-order valence-corrected chi connectivity index (χ4v) is 3.02. The van der Waals surface area contributed by atoms with Gasteiger partial charge in [0.2, 0.25) is 0 Å². The molecule has 0 bridgehead atoms. The van der Waals surface area contributed by atoms with Crippen molar-refractivity contribution < 1.29 is 4.79 Å². The number of carbonyl (C=O) groups excluding carboxylic acids is 1. The van der Waals surface area contributed by atoms with Crippen LogP contribution in [0.3, 0.4) is 0 Å². The minimum absolute atomic E-state index is 0.109. The van der Waals surface area contributed by atoms with Gasteiger partial charge in [0.1, 0.15) is 5.69 Å². The summed E-state index contributed by atoms with van der Waals surface area (Å²) in [5.41, 5.74) is 1.54. The lowest BCUT2D eigenvalue weighted by molar-refractivity contribution is 0.0985. The average Bonchev–Trinajstić information content (AvgIpc) is 2.73. The molecule has 0 saturated carbocycles. The van der Waals surface area contributed by atoms with E-state index in [4.69, 9.17) is 0 Å². The monoisotopic (exact) mass is 298 g/mol. The van der Waals surface area contributed by atoms with Crippen LogP contribution in [0.5, 0.6) is 0 Å². The molecule has 2 aromatic heterocycles. The number of aryl methyl sites for hydroxylation is 2. The smallest absolute Gasteiger partial charge is 0.186 e. The zero-order valence-electron chi connectivity index (χ0n) is 9.03. The van der Waals surface area contributed by atoms with Gasteiger partial charge in [-0.25, -0.2) is 0 Å². The molecule has 16 heavy (non-hydrogen) atoms. The van der Waals surface area contributed by atoms with Gasteiger partial charge in [-0.3, -0.25) is 9.48 Å². The Morgan fingerprint density at radius 3 is 2.81 bits per heavy atom. The topological polar surface area (TPSA) is 34.9 Å². The van der Waals surface area contributed by atoms with Crippen LogP contribution in [0.2, 0.25) is 0 Å². The highest BCUT2D eigenvalue weighted by atomic mass is 79.9. The lowest BCUT2D eigenvalue weighted by Gasteiger charge is -1.98. The molecule has 0 unspecified atom stereocenters. The fraction of sp³-hybridized carbons (Fsp3) is 0.273. The summed E-state index contributed by atoms with van der Waals surface area (Å²) in [5, 5.41) is 6.15. The predicted octanol–water partition coefficient (Wildman–Crippen LogP) is 2.98. The van der Waals surface area contributed by atoms with E-state index >= 15 is 0 Å². The number of carbonyl (C=O) groups is 1. The van der Waals surface area contributed by atoms with E-state index in [2.05, 4.69) is 21.0 Å². The summed E-state index contributed by atoms with van der Waals surface area (Å²) in [6.45, 7) is 1.89. The fourth-order valence-electron chi connectivity index (χ4n) is 1.57. The third-order valence-electron chi connectivity index (χ3n) is 2.24. The molecular formula is C11H11BrN2OS. The van der Waals surface area contributed by atoms with Crippen molar-refractivity contribution in [3.8, 4) is 0 Å². The molecule has 5 heteroatoms. The highest BCUT2D eigenvalue weighted by Crippen LogP contribution is 2.21. The van der Waals surface area contributed by atoms with Crippen LogP contribution in [-0.2, 0) is 13.5 Å². The minimum Gasteiger partial charge on any atom is -0.292 e. The summed E-state index contributed by atoms with van der Waals surface area (Å²) in [7, 11) is 1.80. The van der Waals surface area contributed by atoms with Crippen molar-refractivity contribution in [3.05, 3.63) is 38.3 Å². The van der Waals surface area contributed by atoms with Gasteiger partial charge in [0.05, 0.1) is 5.69 Å². The summed E-state index contributed by atoms with van der Waals surface area (Å²) in [6, 6.07) is 3.80. The van der Waals surface area contributed by atoms with Crippen LogP contribution in [0, 0.1) is 6.92 Å². The molecule has 0 spiro atoms. The van der Waals surface area contributed by atoms with Crippen molar-refractivity contribution in [2.45, 2.75) is 13.3 Å². The number of ketones is 1. The maximum Gasteiger partial charge on any atom is 0.186 e. The molecule has 0 amide bonds. The minimum atomic E-state index is 0.109. The molecule has 2 heterocycles. The van der Waals surface area contributed by atoms with Gasteiger partial charge in [-0.15, -0.1) is 11.3 Å². The molecule has 84 valence electrons. The van der Waals surface area contributed by atoms with Gasteiger partial charge in [0.15, 0.2) is 5.78 Å². The molecule has 0 atom stereocenters. The molecule has 0 fully saturated rings. The Labute approximate surface area is 106 Å². The van der Waals surface area contributed by atoms with Crippen LogP contribution < -0.4 is 0 Å². The Balaban J connectivity index is 2.17. The van der Waals surface area contributed by atoms with E-state index in [1.165, 1.54) is 0 Å². The summed E-state index contributed by atoms with van der Waals surface area (Å²) in [4.78, 5) is 13.1. The summed E-state index contributed by atoms with van der Waals surface area (Å²) in [5.74, 6) is 0.109. The molecule has 0 radical (unpaired) electrons. The Morgan fingerprint density at radius 2 is 2.31 bits per heavy atom. The van der Waals surface area contributed by atoms with Gasteiger partial charge < -0.3 is 0 Å². The number of halogens is 1. The van der Waals surface area contributed by atoms with Gasteiger partial charge in [0.25, 0.3) is 0 Å². The van der Waals surface area contributed by atoms with Crippen LogP contribution >= 0.6 is 27.3 Å². The first-order chi connectivity index (χ1) is 7.56. The summed E-state index contributed by atoms with van der Waals surface area (Å²) in [6.07, 6.45) is 0.440. The number of thiophene rings is 1. The second kappa shape index (κ2) is 4.51. The molecular weight excluding hydrogens is 288 g/mol. The average molecular weight is 299 g/mol. The van der Waals surface area contributed by atoms with Crippen molar-refractivity contribution in [2.24, 2.45) is 7.05 Å². The zero-order valence-corrected chi connectivity index (χ0v) is 11.4. The maximum atomic E-state index is 12.0. The Morgan fingerprint density at radius 1 is 1.56 bits per heavy atom. The van der Waals surface area contributed by atoms with E-state index in [0.29, 0.717) is 12.1 Å².